The largest absolute Gasteiger partial charge is 0.497 e. The molecule has 0 fully saturated rings. The molecule has 0 unspecified atom stereocenters. The first-order valence-electron chi connectivity index (χ1n) is 9.01. The zero-order valence-electron chi connectivity index (χ0n) is 15.4. The Bertz CT molecular complexity index is 1130. The summed E-state index contributed by atoms with van der Waals surface area (Å²) in [5.74, 6) is 0.568. The molecule has 1 atom stereocenters. The van der Waals surface area contributed by atoms with Crippen molar-refractivity contribution in [3.05, 3.63) is 84.4 Å². The summed E-state index contributed by atoms with van der Waals surface area (Å²) in [6.07, 6.45) is 0. The molecule has 0 heterocycles. The topological polar surface area (TPSA) is 38.3 Å². The van der Waals surface area contributed by atoms with Crippen LogP contribution in [-0.4, -0.2) is 13.0 Å². The van der Waals surface area contributed by atoms with Gasteiger partial charge >= 0.3 is 0 Å². The molecule has 4 rings (SSSR count). The third kappa shape index (κ3) is 3.49. The van der Waals surface area contributed by atoms with Crippen LogP contribution in [0.2, 0.25) is 0 Å². The Morgan fingerprint density at radius 3 is 2.30 bits per heavy atom. The summed E-state index contributed by atoms with van der Waals surface area (Å²) in [7, 11) is 1.66. The molecule has 27 heavy (non-hydrogen) atoms. The van der Waals surface area contributed by atoms with Gasteiger partial charge in [0.15, 0.2) is 0 Å². The van der Waals surface area contributed by atoms with Crippen molar-refractivity contribution in [2.75, 3.05) is 12.4 Å². The molecule has 0 spiro atoms. The highest BCUT2D eigenvalue weighted by Crippen LogP contribution is 2.26. The number of fused-ring (bicyclic) bond motifs is 2. The van der Waals surface area contributed by atoms with Crippen molar-refractivity contribution in [1.82, 2.24) is 0 Å². The highest BCUT2D eigenvalue weighted by Gasteiger charge is 2.16. The number of carbonyl (C=O) groups is 1. The number of amides is 1. The molecule has 4 aromatic rings. The Balaban J connectivity index is 1.56. The lowest BCUT2D eigenvalue weighted by molar-refractivity contribution is -0.117. The summed E-state index contributed by atoms with van der Waals surface area (Å²) >= 11 is 0. The summed E-state index contributed by atoms with van der Waals surface area (Å²) in [6.45, 7) is 1.93. The SMILES string of the molecule is COc1ccc2cc([C@H](C)C(=O)Nc3ccc4ccccc4c3)ccc2c1. The standard InChI is InChI=1S/C24H21NO2/c1-16(18-7-8-21-15-23(27-2)12-10-20(21)13-18)24(26)25-22-11-9-17-5-3-4-6-19(17)14-22/h3-16H,1-2H3,(H,25,26)/t16-/m0/s1. The fourth-order valence-electron chi connectivity index (χ4n) is 3.31. The minimum Gasteiger partial charge on any atom is -0.497 e. The molecule has 3 heteroatoms. The summed E-state index contributed by atoms with van der Waals surface area (Å²) < 4.78 is 5.27. The predicted octanol–water partition coefficient (Wildman–Crippen LogP) is 5.74. The monoisotopic (exact) mass is 355 g/mol. The number of carbonyl (C=O) groups excluding carboxylic acids is 1. The van der Waals surface area contributed by atoms with Crippen LogP contribution in [0.15, 0.2) is 78.9 Å². The molecule has 0 aliphatic carbocycles. The molecule has 1 N–H and O–H groups in total. The zero-order valence-corrected chi connectivity index (χ0v) is 15.4. The Kier molecular flexibility index (Phi) is 4.51. The van der Waals surface area contributed by atoms with Crippen LogP contribution in [0.25, 0.3) is 21.5 Å². The fraction of sp³-hybridized carbons (Fsp3) is 0.125. The second kappa shape index (κ2) is 7.12. The van der Waals surface area contributed by atoms with Gasteiger partial charge in [-0.3, -0.25) is 4.79 Å². The van der Waals surface area contributed by atoms with E-state index in [2.05, 4.69) is 17.4 Å². The molecule has 0 aliphatic rings. The van der Waals surface area contributed by atoms with E-state index in [4.69, 9.17) is 4.74 Å². The summed E-state index contributed by atoms with van der Waals surface area (Å²) in [5.41, 5.74) is 1.81. The van der Waals surface area contributed by atoms with Crippen molar-refractivity contribution in [1.29, 1.82) is 0 Å². The van der Waals surface area contributed by atoms with Crippen molar-refractivity contribution in [3.8, 4) is 5.75 Å². The molecule has 3 nitrogen and oxygen atoms in total. The van der Waals surface area contributed by atoms with Gasteiger partial charge in [-0.25, -0.2) is 0 Å². The number of methoxy groups -OCH3 is 1. The van der Waals surface area contributed by atoms with E-state index >= 15 is 0 Å². The van der Waals surface area contributed by atoms with Gasteiger partial charge in [0, 0.05) is 5.69 Å². The van der Waals surface area contributed by atoms with Gasteiger partial charge in [0.05, 0.1) is 13.0 Å². The summed E-state index contributed by atoms with van der Waals surface area (Å²) in [4.78, 5) is 12.8. The van der Waals surface area contributed by atoms with Crippen LogP contribution >= 0.6 is 0 Å². The lowest BCUT2D eigenvalue weighted by Gasteiger charge is -2.14. The van der Waals surface area contributed by atoms with Gasteiger partial charge in [0.2, 0.25) is 5.91 Å². The van der Waals surface area contributed by atoms with Crippen LogP contribution in [-0.2, 0) is 4.79 Å². The molecule has 0 saturated carbocycles. The van der Waals surface area contributed by atoms with E-state index in [-0.39, 0.29) is 11.8 Å². The lowest BCUT2D eigenvalue weighted by atomic mass is 9.97. The van der Waals surface area contributed by atoms with E-state index < -0.39 is 0 Å². The van der Waals surface area contributed by atoms with Crippen molar-refractivity contribution in [3.63, 3.8) is 0 Å². The second-order valence-electron chi connectivity index (χ2n) is 6.75. The van der Waals surface area contributed by atoms with Crippen molar-refractivity contribution in [2.45, 2.75) is 12.8 Å². The van der Waals surface area contributed by atoms with Gasteiger partial charge in [-0.2, -0.15) is 0 Å². The normalized spacial score (nSPS) is 12.1. The van der Waals surface area contributed by atoms with Crippen molar-refractivity contribution >= 4 is 33.1 Å². The van der Waals surface area contributed by atoms with Gasteiger partial charge in [-0.05, 0) is 58.3 Å². The van der Waals surface area contributed by atoms with Gasteiger partial charge < -0.3 is 10.1 Å². The lowest BCUT2D eigenvalue weighted by Crippen LogP contribution is -2.18. The van der Waals surface area contributed by atoms with Crippen LogP contribution in [0.5, 0.6) is 5.75 Å². The van der Waals surface area contributed by atoms with Crippen LogP contribution < -0.4 is 10.1 Å². The van der Waals surface area contributed by atoms with Gasteiger partial charge in [0.25, 0.3) is 0 Å². The Morgan fingerprint density at radius 2 is 1.48 bits per heavy atom. The summed E-state index contributed by atoms with van der Waals surface area (Å²) in [6, 6.07) is 26.2. The van der Waals surface area contributed by atoms with Crippen molar-refractivity contribution < 1.29 is 9.53 Å². The van der Waals surface area contributed by atoms with Crippen LogP contribution in [0.4, 0.5) is 5.69 Å². The van der Waals surface area contributed by atoms with Crippen LogP contribution in [0.3, 0.4) is 0 Å². The number of anilines is 1. The van der Waals surface area contributed by atoms with Crippen molar-refractivity contribution in [2.24, 2.45) is 0 Å². The molecular formula is C24H21NO2. The number of rotatable bonds is 4. The van der Waals surface area contributed by atoms with E-state index in [1.54, 1.807) is 7.11 Å². The fourth-order valence-corrected chi connectivity index (χ4v) is 3.31. The molecule has 0 saturated heterocycles. The predicted molar refractivity (Wildman–Crippen MR) is 111 cm³/mol. The zero-order chi connectivity index (χ0) is 18.8. The van der Waals surface area contributed by atoms with Crippen LogP contribution in [0.1, 0.15) is 18.4 Å². The smallest absolute Gasteiger partial charge is 0.231 e. The molecule has 1 amide bonds. The highest BCUT2D eigenvalue weighted by molar-refractivity contribution is 5.98. The molecule has 4 aromatic carbocycles. The molecule has 0 aliphatic heterocycles. The molecular weight excluding hydrogens is 334 g/mol. The number of hydrogen-bond donors (Lipinski definition) is 1. The average Bonchev–Trinajstić information content (AvgIpc) is 2.72. The van der Waals surface area contributed by atoms with E-state index in [9.17, 15) is 4.79 Å². The van der Waals surface area contributed by atoms with E-state index in [1.165, 1.54) is 0 Å². The van der Waals surface area contributed by atoms with E-state index in [1.807, 2.05) is 73.7 Å². The van der Waals surface area contributed by atoms with Gasteiger partial charge in [-0.15, -0.1) is 0 Å². The molecule has 0 bridgehead atoms. The Hall–Kier alpha value is -3.33. The van der Waals surface area contributed by atoms with E-state index in [0.29, 0.717) is 0 Å². The Labute approximate surface area is 158 Å². The maximum absolute atomic E-state index is 12.8. The first kappa shape index (κ1) is 17.1. The minimum atomic E-state index is -0.247. The summed E-state index contributed by atoms with van der Waals surface area (Å²) in [5, 5.41) is 7.51. The maximum Gasteiger partial charge on any atom is 0.231 e. The molecule has 0 aromatic heterocycles. The van der Waals surface area contributed by atoms with Crippen LogP contribution in [0, 0.1) is 0 Å². The maximum atomic E-state index is 12.8. The number of nitrogens with one attached hydrogen (secondary N) is 1. The third-order valence-corrected chi connectivity index (χ3v) is 4.98. The van der Waals surface area contributed by atoms with Gasteiger partial charge in [-0.1, -0.05) is 54.6 Å². The number of ether oxygens (including phenoxy) is 1. The number of hydrogen-bond acceptors (Lipinski definition) is 2. The first-order chi connectivity index (χ1) is 13.1. The Morgan fingerprint density at radius 1 is 0.815 bits per heavy atom. The van der Waals surface area contributed by atoms with E-state index in [0.717, 1.165) is 38.5 Å². The first-order valence-corrected chi connectivity index (χ1v) is 9.01. The average molecular weight is 355 g/mol. The number of benzene rings is 4. The molecule has 134 valence electrons. The highest BCUT2D eigenvalue weighted by atomic mass is 16.5. The third-order valence-electron chi connectivity index (χ3n) is 4.98. The molecule has 0 radical (unpaired) electrons. The second-order valence-corrected chi connectivity index (χ2v) is 6.75. The van der Waals surface area contributed by atoms with Gasteiger partial charge in [0.1, 0.15) is 5.75 Å². The quantitative estimate of drug-likeness (QED) is 0.507. The minimum absolute atomic E-state index is 0.0156.